The molecule has 2 heterocycles. The van der Waals surface area contributed by atoms with Crippen LogP contribution in [-0.4, -0.2) is 54.1 Å². The van der Waals surface area contributed by atoms with Gasteiger partial charge in [-0.25, -0.2) is 18.4 Å². The molecule has 1 aromatic heterocycles. The van der Waals surface area contributed by atoms with E-state index >= 15 is 0 Å². The van der Waals surface area contributed by atoms with Crippen molar-refractivity contribution in [3.05, 3.63) is 17.5 Å². The number of hydrogen-bond donors (Lipinski definition) is 0. The van der Waals surface area contributed by atoms with E-state index in [0.717, 1.165) is 24.2 Å². The highest BCUT2D eigenvalue weighted by Gasteiger charge is 2.41. The third-order valence-electron chi connectivity index (χ3n) is 3.80. The molecule has 0 N–H and O–H groups in total. The predicted molar refractivity (Wildman–Crippen MR) is 77.2 cm³/mol. The van der Waals surface area contributed by atoms with Gasteiger partial charge in [-0.3, -0.25) is 0 Å². The molecule has 0 unspecified atom stereocenters. The van der Waals surface area contributed by atoms with Crippen molar-refractivity contribution in [3.63, 3.8) is 0 Å². The van der Waals surface area contributed by atoms with Gasteiger partial charge in [0.2, 0.25) is 16.0 Å². The summed E-state index contributed by atoms with van der Waals surface area (Å²) in [7, 11) is -3.04. The Morgan fingerprint density at radius 2 is 1.60 bits per heavy atom. The standard InChI is InChI=1S/C13H20N4O2S/c1-10-9-11(2)15-13(14-10)16-5-7-17(8-6-16)20(18,19)12-3-4-12/h9,12H,3-8H2,1-2H3. The van der Waals surface area contributed by atoms with Crippen molar-refractivity contribution in [1.82, 2.24) is 14.3 Å². The first kappa shape index (κ1) is 13.8. The summed E-state index contributed by atoms with van der Waals surface area (Å²) in [5, 5.41) is -0.119. The summed E-state index contributed by atoms with van der Waals surface area (Å²) in [5.74, 6) is 0.714. The van der Waals surface area contributed by atoms with E-state index < -0.39 is 10.0 Å². The zero-order chi connectivity index (χ0) is 14.3. The van der Waals surface area contributed by atoms with Crippen molar-refractivity contribution in [2.75, 3.05) is 31.1 Å². The van der Waals surface area contributed by atoms with Crippen LogP contribution >= 0.6 is 0 Å². The zero-order valence-electron chi connectivity index (χ0n) is 11.9. The first-order valence-electron chi connectivity index (χ1n) is 7.03. The number of hydrogen-bond acceptors (Lipinski definition) is 5. The molecule has 0 radical (unpaired) electrons. The van der Waals surface area contributed by atoms with Gasteiger partial charge < -0.3 is 4.90 Å². The maximum Gasteiger partial charge on any atom is 0.225 e. The van der Waals surface area contributed by atoms with E-state index in [9.17, 15) is 8.42 Å². The van der Waals surface area contributed by atoms with Crippen molar-refractivity contribution in [2.24, 2.45) is 0 Å². The summed E-state index contributed by atoms with van der Waals surface area (Å²) in [6.45, 7) is 6.30. The molecule has 20 heavy (non-hydrogen) atoms. The summed E-state index contributed by atoms with van der Waals surface area (Å²) in [6.07, 6.45) is 1.64. The largest absolute Gasteiger partial charge is 0.338 e. The van der Waals surface area contributed by atoms with Crippen molar-refractivity contribution in [2.45, 2.75) is 31.9 Å². The van der Waals surface area contributed by atoms with Crippen molar-refractivity contribution >= 4 is 16.0 Å². The highest BCUT2D eigenvalue weighted by Crippen LogP contribution is 2.31. The minimum Gasteiger partial charge on any atom is -0.338 e. The van der Waals surface area contributed by atoms with Crippen molar-refractivity contribution in [1.29, 1.82) is 0 Å². The van der Waals surface area contributed by atoms with Crippen LogP contribution in [0.1, 0.15) is 24.2 Å². The Balaban J connectivity index is 1.69. The van der Waals surface area contributed by atoms with Crippen LogP contribution in [0.5, 0.6) is 0 Å². The fourth-order valence-electron chi connectivity index (χ4n) is 2.57. The van der Waals surface area contributed by atoms with Gasteiger partial charge in [-0.1, -0.05) is 0 Å². The van der Waals surface area contributed by atoms with Crippen LogP contribution in [0, 0.1) is 13.8 Å². The van der Waals surface area contributed by atoms with E-state index in [1.54, 1.807) is 4.31 Å². The Morgan fingerprint density at radius 3 is 2.10 bits per heavy atom. The molecule has 1 aromatic rings. The molecule has 7 heteroatoms. The molecule has 0 bridgehead atoms. The number of nitrogens with zero attached hydrogens (tertiary/aromatic N) is 4. The lowest BCUT2D eigenvalue weighted by atomic mass is 10.3. The molecule has 110 valence electrons. The summed E-state index contributed by atoms with van der Waals surface area (Å²) >= 11 is 0. The molecule has 0 amide bonds. The minimum atomic E-state index is -3.04. The molecule has 0 atom stereocenters. The van der Waals surface area contributed by atoms with Crippen molar-refractivity contribution < 1.29 is 8.42 Å². The van der Waals surface area contributed by atoms with Gasteiger partial charge in [-0.15, -0.1) is 0 Å². The van der Waals surface area contributed by atoms with Gasteiger partial charge in [0.1, 0.15) is 0 Å². The normalized spacial score (nSPS) is 21.2. The van der Waals surface area contributed by atoms with Crippen molar-refractivity contribution in [3.8, 4) is 0 Å². The van der Waals surface area contributed by atoms with Gasteiger partial charge >= 0.3 is 0 Å². The summed E-state index contributed by atoms with van der Waals surface area (Å²) in [4.78, 5) is 10.9. The monoisotopic (exact) mass is 296 g/mol. The van der Waals surface area contributed by atoms with E-state index in [1.807, 2.05) is 19.9 Å². The van der Waals surface area contributed by atoms with E-state index in [4.69, 9.17) is 0 Å². The Morgan fingerprint density at radius 1 is 1.05 bits per heavy atom. The van der Waals surface area contributed by atoms with Crippen LogP contribution in [0.4, 0.5) is 5.95 Å². The summed E-state index contributed by atoms with van der Waals surface area (Å²) < 4.78 is 26.0. The quantitative estimate of drug-likeness (QED) is 0.822. The molecule has 1 saturated heterocycles. The second-order valence-corrected chi connectivity index (χ2v) is 7.79. The Labute approximate surface area is 119 Å². The van der Waals surface area contributed by atoms with Gasteiger partial charge in [0.05, 0.1) is 5.25 Å². The first-order chi connectivity index (χ1) is 9.46. The SMILES string of the molecule is Cc1cc(C)nc(N2CCN(S(=O)(=O)C3CC3)CC2)n1. The van der Waals surface area contributed by atoms with Gasteiger partial charge in [-0.05, 0) is 32.8 Å². The fraction of sp³-hybridized carbons (Fsp3) is 0.692. The lowest BCUT2D eigenvalue weighted by molar-refractivity contribution is 0.381. The fourth-order valence-corrected chi connectivity index (χ4v) is 4.39. The second-order valence-electron chi connectivity index (χ2n) is 5.58. The average molecular weight is 296 g/mol. The summed E-state index contributed by atoms with van der Waals surface area (Å²) in [5.41, 5.74) is 1.89. The smallest absolute Gasteiger partial charge is 0.225 e. The number of sulfonamides is 1. The van der Waals surface area contributed by atoms with E-state index in [1.165, 1.54) is 0 Å². The predicted octanol–water partition coefficient (Wildman–Crippen LogP) is 0.708. The molecule has 0 spiro atoms. The number of piperazine rings is 1. The molecule has 6 nitrogen and oxygen atoms in total. The van der Waals surface area contributed by atoms with Crippen LogP contribution < -0.4 is 4.90 Å². The topological polar surface area (TPSA) is 66.4 Å². The van der Waals surface area contributed by atoms with Crippen LogP contribution in [0.3, 0.4) is 0 Å². The molecule has 2 aliphatic rings. The molecular weight excluding hydrogens is 276 g/mol. The van der Waals surface area contributed by atoms with Crippen LogP contribution in [-0.2, 0) is 10.0 Å². The molecule has 1 aliphatic heterocycles. The van der Waals surface area contributed by atoms with E-state index in [2.05, 4.69) is 14.9 Å². The number of aryl methyl sites for hydroxylation is 2. The Hall–Kier alpha value is -1.21. The minimum absolute atomic E-state index is 0.119. The first-order valence-corrected chi connectivity index (χ1v) is 8.53. The van der Waals surface area contributed by atoms with E-state index in [0.29, 0.717) is 32.1 Å². The van der Waals surface area contributed by atoms with Gasteiger partial charge in [0, 0.05) is 37.6 Å². The Bertz CT molecular complexity index is 585. The third kappa shape index (κ3) is 2.64. The molecule has 0 aromatic carbocycles. The van der Waals surface area contributed by atoms with Crippen LogP contribution in [0.25, 0.3) is 0 Å². The molecule has 3 rings (SSSR count). The zero-order valence-corrected chi connectivity index (χ0v) is 12.7. The molecular formula is C13H20N4O2S. The average Bonchev–Trinajstić information content (AvgIpc) is 3.22. The number of aromatic nitrogens is 2. The highest BCUT2D eigenvalue weighted by atomic mass is 32.2. The summed E-state index contributed by atoms with van der Waals surface area (Å²) in [6, 6.07) is 1.94. The number of rotatable bonds is 3. The van der Waals surface area contributed by atoms with Crippen LogP contribution in [0.2, 0.25) is 0 Å². The molecule has 1 saturated carbocycles. The number of anilines is 1. The van der Waals surface area contributed by atoms with Gasteiger partial charge in [-0.2, -0.15) is 4.31 Å². The molecule has 2 fully saturated rings. The van der Waals surface area contributed by atoms with Gasteiger partial charge in [0.25, 0.3) is 0 Å². The lowest BCUT2D eigenvalue weighted by Crippen LogP contribution is -2.50. The van der Waals surface area contributed by atoms with Crippen LogP contribution in [0.15, 0.2) is 6.07 Å². The third-order valence-corrected chi connectivity index (χ3v) is 6.20. The highest BCUT2D eigenvalue weighted by molar-refractivity contribution is 7.90. The maximum atomic E-state index is 12.2. The maximum absolute atomic E-state index is 12.2. The lowest BCUT2D eigenvalue weighted by Gasteiger charge is -2.34. The van der Waals surface area contributed by atoms with Gasteiger partial charge in [0.15, 0.2) is 0 Å². The molecule has 1 aliphatic carbocycles. The second kappa shape index (κ2) is 4.96. The van der Waals surface area contributed by atoms with E-state index in [-0.39, 0.29) is 5.25 Å². The Kier molecular flexibility index (Phi) is 3.41.